The van der Waals surface area contributed by atoms with E-state index in [9.17, 15) is 39.0 Å². The summed E-state index contributed by atoms with van der Waals surface area (Å²) in [4.78, 5) is 93.3. The fourth-order valence-electron chi connectivity index (χ4n) is 11.6. The highest BCUT2D eigenvalue weighted by atomic mass is 16.3. The van der Waals surface area contributed by atoms with Crippen LogP contribution < -0.4 is 21.8 Å². The molecule has 10 atom stereocenters. The van der Waals surface area contributed by atoms with E-state index in [1.807, 2.05) is 100 Å². The van der Waals surface area contributed by atoms with E-state index in [-0.39, 0.29) is 71.5 Å². The van der Waals surface area contributed by atoms with Crippen molar-refractivity contribution in [1.82, 2.24) is 39.5 Å². The summed E-state index contributed by atoms with van der Waals surface area (Å²) >= 11 is 0. The Morgan fingerprint density at radius 1 is 0.568 bits per heavy atom. The molecule has 0 unspecified atom stereocenters. The lowest BCUT2D eigenvalue weighted by atomic mass is 9.88. The first-order chi connectivity index (χ1) is 35.9. The number of aliphatic hydroxyl groups excluding tert-OH is 2. The van der Waals surface area contributed by atoms with Gasteiger partial charge in [-0.3, -0.25) is 38.7 Å². The minimum Gasteiger partial charge on any atom is -0.396 e. The second-order valence-corrected chi connectivity index (χ2v) is 19.2. The van der Waals surface area contributed by atoms with Crippen LogP contribution in [-0.4, -0.2) is 88.0 Å². The van der Waals surface area contributed by atoms with Gasteiger partial charge in [0.05, 0.1) is 24.2 Å². The number of likely N-dealkylation sites (tertiary alicyclic amines) is 2. The number of rotatable bonds is 12. The maximum atomic E-state index is 13.9. The van der Waals surface area contributed by atoms with Crippen molar-refractivity contribution < 1.29 is 29.4 Å². The maximum absolute atomic E-state index is 13.9. The molecule has 0 aliphatic carbocycles. The Bertz CT molecular complexity index is 2990. The molecular weight excluding hydrogens is 937 g/mol. The quantitative estimate of drug-likeness (QED) is 0.114. The minimum absolute atomic E-state index is 0.148. The molecule has 0 spiro atoms. The van der Waals surface area contributed by atoms with Gasteiger partial charge in [0.1, 0.15) is 23.5 Å². The van der Waals surface area contributed by atoms with Crippen molar-refractivity contribution in [1.29, 1.82) is 0 Å². The third-order valence-corrected chi connectivity index (χ3v) is 15.0. The van der Waals surface area contributed by atoms with Crippen LogP contribution in [0.3, 0.4) is 0 Å². The van der Waals surface area contributed by atoms with E-state index in [0.29, 0.717) is 35.6 Å². The van der Waals surface area contributed by atoms with E-state index in [1.165, 1.54) is 22.2 Å². The lowest BCUT2D eigenvalue weighted by Crippen LogP contribution is -2.51. The first-order valence-electron chi connectivity index (χ1n) is 25.0. The van der Waals surface area contributed by atoms with Crippen LogP contribution >= 0.6 is 0 Å². The SMILES string of the molecule is C/C=C/c1ccc2n(c1=O)C[C@@H]1[C@@H](CO)[C@H](C(=O)N[C@@H](C)c3ccccc3)N(C(=O)c3ccccn3)[C@H]21.C/C=C\c1ccc2n(c1=O)C[C@@H]1[C@@H](CO)[C@H](C(=O)N[C@@H](C)c3ccccc3)N(C(=O)c3ccccn3)[C@H]21. The molecule has 4 aliphatic heterocycles. The smallest absolute Gasteiger partial charge is 0.273 e. The summed E-state index contributed by atoms with van der Waals surface area (Å²) in [5, 5.41) is 27.1. The molecule has 0 bridgehead atoms. The van der Waals surface area contributed by atoms with E-state index in [0.717, 1.165) is 11.1 Å². The van der Waals surface area contributed by atoms with Gasteiger partial charge < -0.3 is 39.8 Å². The van der Waals surface area contributed by atoms with E-state index in [1.54, 1.807) is 82.0 Å². The third kappa shape index (κ3) is 9.42. The number of carbonyl (C=O) groups is 4. The average molecular weight is 997 g/mol. The first kappa shape index (κ1) is 50.8. The predicted molar refractivity (Wildman–Crippen MR) is 279 cm³/mol. The highest BCUT2D eigenvalue weighted by Gasteiger charge is 2.59. The Labute approximate surface area is 428 Å². The number of hydrogen-bond acceptors (Lipinski definition) is 10. The van der Waals surface area contributed by atoms with E-state index in [4.69, 9.17) is 0 Å². The summed E-state index contributed by atoms with van der Waals surface area (Å²) < 4.78 is 3.35. The molecule has 0 radical (unpaired) electrons. The van der Waals surface area contributed by atoms with E-state index < -0.39 is 47.8 Å². The summed E-state index contributed by atoms with van der Waals surface area (Å²) in [6, 6.07) is 33.0. The molecule has 2 aromatic carbocycles. The van der Waals surface area contributed by atoms with Crippen LogP contribution in [0.15, 0.2) is 155 Å². The van der Waals surface area contributed by atoms with Crippen molar-refractivity contribution in [2.75, 3.05) is 13.2 Å². The monoisotopic (exact) mass is 996 g/mol. The molecule has 4 aliphatic rings. The maximum Gasteiger partial charge on any atom is 0.273 e. The highest BCUT2D eigenvalue weighted by Crippen LogP contribution is 2.51. The summed E-state index contributed by atoms with van der Waals surface area (Å²) in [6.07, 6.45) is 10.2. The molecule has 74 heavy (non-hydrogen) atoms. The molecule has 4 N–H and O–H groups in total. The zero-order valence-corrected chi connectivity index (χ0v) is 41.6. The second kappa shape index (κ2) is 22.0. The van der Waals surface area contributed by atoms with Crippen molar-refractivity contribution in [2.45, 2.75) is 77.0 Å². The molecule has 380 valence electrons. The molecule has 4 aromatic heterocycles. The van der Waals surface area contributed by atoms with Gasteiger partial charge in [0.15, 0.2) is 0 Å². The van der Waals surface area contributed by atoms with E-state index >= 15 is 0 Å². The number of carbonyl (C=O) groups excluding carboxylic acids is 4. The number of hydrogen-bond donors (Lipinski definition) is 4. The van der Waals surface area contributed by atoms with Crippen molar-refractivity contribution in [3.05, 3.63) is 212 Å². The highest BCUT2D eigenvalue weighted by molar-refractivity contribution is 5.98. The fourth-order valence-corrected chi connectivity index (χ4v) is 11.6. The molecule has 0 saturated carbocycles. The number of fused-ring (bicyclic) bond motifs is 6. The van der Waals surface area contributed by atoms with Gasteiger partial charge in [-0.25, -0.2) is 0 Å². The van der Waals surface area contributed by atoms with Crippen LogP contribution in [0.5, 0.6) is 0 Å². The molecule has 6 aromatic rings. The largest absolute Gasteiger partial charge is 0.396 e. The van der Waals surface area contributed by atoms with Crippen LogP contribution in [-0.2, 0) is 22.7 Å². The number of pyridine rings is 4. The van der Waals surface area contributed by atoms with E-state index in [2.05, 4.69) is 20.6 Å². The van der Waals surface area contributed by atoms with Gasteiger partial charge in [-0.05, 0) is 87.4 Å². The fraction of sp³-hybridized carbons (Fsp3) is 0.310. The van der Waals surface area contributed by atoms with Gasteiger partial charge in [0.25, 0.3) is 22.9 Å². The van der Waals surface area contributed by atoms with Gasteiger partial charge in [0, 0.05) is 84.9 Å². The minimum atomic E-state index is -0.917. The average Bonchev–Trinajstić information content (AvgIpc) is 4.18. The summed E-state index contributed by atoms with van der Waals surface area (Å²) in [5.74, 6) is -3.18. The number of aliphatic hydroxyl groups is 2. The van der Waals surface area contributed by atoms with Crippen LogP contribution in [0.2, 0.25) is 0 Å². The summed E-state index contributed by atoms with van der Waals surface area (Å²) in [6.45, 7) is 7.52. The molecule has 2 saturated heterocycles. The second-order valence-electron chi connectivity index (χ2n) is 19.2. The Morgan fingerprint density at radius 3 is 1.28 bits per heavy atom. The lowest BCUT2D eigenvalue weighted by Gasteiger charge is -2.31. The van der Waals surface area contributed by atoms with Crippen LogP contribution in [0.4, 0.5) is 0 Å². The number of aromatic nitrogens is 4. The number of nitrogens with one attached hydrogen (secondary N) is 2. The predicted octanol–water partition coefficient (Wildman–Crippen LogP) is 5.92. The lowest BCUT2D eigenvalue weighted by molar-refractivity contribution is -0.128. The summed E-state index contributed by atoms with van der Waals surface area (Å²) in [7, 11) is 0. The standard InChI is InChI=1S/2C29H30N4O4/c2*1-3-9-20-13-14-24-25-21(16-32(24)28(20)36)22(17-34)26(33(25)29(37)23-12-7-8-15-30-23)27(35)31-18(2)19-10-5-4-6-11-19/h2*3-15,18,21-22,25-26,34H,16-17H2,1-2H3,(H,31,35)/b9-3+;9-3-/t2*18-,21+,22+,25-,26+/m00/s1. The van der Waals surface area contributed by atoms with Gasteiger partial charge in [0.2, 0.25) is 11.8 Å². The van der Waals surface area contributed by atoms with Crippen LogP contribution in [0.1, 0.15) is 106 Å². The number of allylic oxidation sites excluding steroid dienone is 2. The van der Waals surface area contributed by atoms with Gasteiger partial charge in [-0.2, -0.15) is 0 Å². The molecule has 16 heteroatoms. The van der Waals surface area contributed by atoms with Crippen molar-refractivity contribution >= 4 is 35.8 Å². The van der Waals surface area contributed by atoms with Crippen LogP contribution in [0.25, 0.3) is 12.2 Å². The van der Waals surface area contributed by atoms with Gasteiger partial charge in [-0.15, -0.1) is 0 Å². The molecule has 2 fully saturated rings. The molecular formula is C58H60N8O8. The zero-order chi connectivity index (χ0) is 52.2. The van der Waals surface area contributed by atoms with Crippen molar-refractivity contribution in [3.63, 3.8) is 0 Å². The Kier molecular flexibility index (Phi) is 15.1. The first-order valence-corrected chi connectivity index (χ1v) is 25.0. The summed E-state index contributed by atoms with van der Waals surface area (Å²) in [5.41, 5.74) is 4.43. The Hall–Kier alpha value is -8.08. The molecule has 4 amide bonds. The van der Waals surface area contributed by atoms with Crippen molar-refractivity contribution in [2.24, 2.45) is 23.7 Å². The normalized spacial score (nSPS) is 23.1. The zero-order valence-electron chi connectivity index (χ0n) is 41.6. The third-order valence-electron chi connectivity index (χ3n) is 15.0. The topological polar surface area (TPSA) is 209 Å². The molecule has 8 heterocycles. The van der Waals surface area contributed by atoms with Gasteiger partial charge in [-0.1, -0.05) is 97.1 Å². The van der Waals surface area contributed by atoms with Crippen molar-refractivity contribution in [3.8, 4) is 0 Å². The molecule has 16 nitrogen and oxygen atoms in total. The number of benzene rings is 2. The Balaban J connectivity index is 0.000000182. The number of amides is 4. The van der Waals surface area contributed by atoms with Gasteiger partial charge >= 0.3 is 0 Å². The Morgan fingerprint density at radius 2 is 0.946 bits per heavy atom. The number of nitrogens with zero attached hydrogens (tertiary/aromatic N) is 6. The molecule has 10 rings (SSSR count). The van der Waals surface area contributed by atoms with Crippen LogP contribution in [0, 0.1) is 23.7 Å².